The van der Waals surface area contributed by atoms with E-state index >= 15 is 0 Å². The van der Waals surface area contributed by atoms with Crippen molar-refractivity contribution in [2.75, 3.05) is 13.1 Å². The number of piperidine rings is 1. The average Bonchev–Trinajstić information content (AvgIpc) is 2.99. The summed E-state index contributed by atoms with van der Waals surface area (Å²) in [6, 6.07) is 0. The number of likely N-dealkylation sites (tertiary alicyclic amines) is 1. The summed E-state index contributed by atoms with van der Waals surface area (Å²) >= 11 is 0. The van der Waals surface area contributed by atoms with Gasteiger partial charge in [0, 0.05) is 29.5 Å². The van der Waals surface area contributed by atoms with Crippen molar-refractivity contribution in [1.82, 2.24) is 24.8 Å². The number of rotatable bonds is 1. The molecule has 8 heteroatoms. The second-order valence-electron chi connectivity index (χ2n) is 8.91. The summed E-state index contributed by atoms with van der Waals surface area (Å²) < 4.78 is 0. The number of carbonyl (C=O) groups is 1. The van der Waals surface area contributed by atoms with E-state index in [1.807, 2.05) is 20.8 Å². The average molecular weight is 383 g/mol. The molecular weight excluding hydrogens is 358 g/mol. The highest BCUT2D eigenvalue weighted by Gasteiger charge is 2.46. The zero-order chi connectivity index (χ0) is 20.1. The molecule has 2 aromatic heterocycles. The summed E-state index contributed by atoms with van der Waals surface area (Å²) in [5, 5.41) is 0. The van der Waals surface area contributed by atoms with E-state index in [1.54, 1.807) is 4.90 Å². The Balaban J connectivity index is 1.71. The molecular formula is C20H25N5O3. The van der Waals surface area contributed by atoms with Crippen LogP contribution in [0.25, 0.3) is 0 Å². The minimum atomic E-state index is -0.396. The summed E-state index contributed by atoms with van der Waals surface area (Å²) in [5.41, 5.74) is 0.753. The number of amides is 1. The van der Waals surface area contributed by atoms with Crippen LogP contribution in [0.2, 0.25) is 0 Å². The third-order valence-electron chi connectivity index (χ3n) is 5.83. The number of hydrogen-bond acceptors (Lipinski definition) is 5. The standard InChI is InChI=1S/C20H25N5O3/c1-19(2,3)18-23-15-12(16(27)24-18)5-7-20(15)6-4-8-25(11-20)17(28)13-9-21-10-14(26)22-13/h9-10H,4-8,11H2,1-3H3,(H,22,26)(H,23,24,27). The molecule has 8 nitrogen and oxygen atoms in total. The lowest BCUT2D eigenvalue weighted by Gasteiger charge is -2.40. The molecule has 28 heavy (non-hydrogen) atoms. The predicted molar refractivity (Wildman–Crippen MR) is 104 cm³/mol. The number of aromatic nitrogens is 4. The summed E-state index contributed by atoms with van der Waals surface area (Å²) in [6.45, 7) is 7.18. The summed E-state index contributed by atoms with van der Waals surface area (Å²) in [6.07, 6.45) is 5.73. The van der Waals surface area contributed by atoms with Gasteiger partial charge in [-0.3, -0.25) is 19.4 Å². The van der Waals surface area contributed by atoms with E-state index in [1.165, 1.54) is 6.20 Å². The Labute approximate surface area is 162 Å². The molecule has 1 unspecified atom stereocenters. The van der Waals surface area contributed by atoms with Gasteiger partial charge in [0.1, 0.15) is 11.5 Å². The molecule has 1 saturated heterocycles. The topological polar surface area (TPSA) is 112 Å². The first-order valence-corrected chi connectivity index (χ1v) is 9.67. The summed E-state index contributed by atoms with van der Waals surface area (Å²) in [7, 11) is 0. The van der Waals surface area contributed by atoms with Crippen LogP contribution in [0.4, 0.5) is 0 Å². The first-order valence-electron chi connectivity index (χ1n) is 9.67. The van der Waals surface area contributed by atoms with E-state index in [4.69, 9.17) is 4.98 Å². The van der Waals surface area contributed by atoms with Gasteiger partial charge in [0.2, 0.25) is 0 Å². The zero-order valence-corrected chi connectivity index (χ0v) is 16.5. The van der Waals surface area contributed by atoms with Gasteiger partial charge in [0.25, 0.3) is 17.0 Å². The van der Waals surface area contributed by atoms with Gasteiger partial charge in [-0.25, -0.2) is 4.98 Å². The van der Waals surface area contributed by atoms with E-state index in [9.17, 15) is 14.4 Å². The first kappa shape index (κ1) is 18.6. The number of nitrogens with zero attached hydrogens (tertiary/aromatic N) is 3. The smallest absolute Gasteiger partial charge is 0.272 e. The lowest BCUT2D eigenvalue weighted by molar-refractivity contribution is 0.0626. The van der Waals surface area contributed by atoms with Gasteiger partial charge >= 0.3 is 0 Å². The molecule has 1 fully saturated rings. The molecule has 2 aromatic rings. The monoisotopic (exact) mass is 383 g/mol. The van der Waals surface area contributed by atoms with E-state index < -0.39 is 5.56 Å². The highest BCUT2D eigenvalue weighted by molar-refractivity contribution is 5.92. The Hall–Kier alpha value is -2.77. The van der Waals surface area contributed by atoms with Gasteiger partial charge in [-0.1, -0.05) is 20.8 Å². The lowest BCUT2D eigenvalue weighted by Crippen LogP contribution is -2.48. The first-order chi connectivity index (χ1) is 13.2. The number of nitrogens with one attached hydrogen (secondary N) is 2. The lowest BCUT2D eigenvalue weighted by atomic mass is 9.77. The van der Waals surface area contributed by atoms with Crippen molar-refractivity contribution in [3.8, 4) is 0 Å². The molecule has 0 radical (unpaired) electrons. The maximum atomic E-state index is 12.9. The zero-order valence-electron chi connectivity index (χ0n) is 16.5. The van der Waals surface area contributed by atoms with Crippen molar-refractivity contribution in [1.29, 1.82) is 0 Å². The van der Waals surface area contributed by atoms with Crippen molar-refractivity contribution in [2.24, 2.45) is 0 Å². The molecule has 0 aromatic carbocycles. The predicted octanol–water partition coefficient (Wildman–Crippen LogP) is 1.27. The molecule has 1 aliphatic heterocycles. The maximum Gasteiger partial charge on any atom is 0.272 e. The maximum absolute atomic E-state index is 12.9. The molecule has 0 bridgehead atoms. The molecule has 2 aliphatic rings. The molecule has 1 atom stereocenters. The SMILES string of the molecule is CC(C)(C)c1nc2c(c(=O)[nH]1)CCC21CCCN(C(=O)c2cncc(=O)[nH]2)C1. The number of hydrogen-bond donors (Lipinski definition) is 2. The molecule has 148 valence electrons. The Morgan fingerprint density at radius 1 is 1.18 bits per heavy atom. The number of H-pyrrole nitrogens is 2. The fraction of sp³-hybridized carbons (Fsp3) is 0.550. The molecule has 2 N–H and O–H groups in total. The third kappa shape index (κ3) is 3.06. The van der Waals surface area contributed by atoms with Crippen LogP contribution in [0.3, 0.4) is 0 Å². The Morgan fingerprint density at radius 3 is 2.68 bits per heavy atom. The second kappa shape index (κ2) is 6.39. The summed E-state index contributed by atoms with van der Waals surface area (Å²) in [4.78, 5) is 53.1. The van der Waals surface area contributed by atoms with E-state index in [0.717, 1.165) is 36.7 Å². The van der Waals surface area contributed by atoms with Gasteiger partial charge < -0.3 is 14.9 Å². The minimum absolute atomic E-state index is 0.0631. The molecule has 3 heterocycles. The normalized spacial score (nSPS) is 21.8. The van der Waals surface area contributed by atoms with Gasteiger partial charge in [0.15, 0.2) is 0 Å². The molecule has 0 saturated carbocycles. The number of carbonyl (C=O) groups excluding carboxylic acids is 1. The quantitative estimate of drug-likeness (QED) is 0.770. The van der Waals surface area contributed by atoms with Gasteiger partial charge in [-0.05, 0) is 25.7 Å². The van der Waals surface area contributed by atoms with Crippen LogP contribution in [0.1, 0.15) is 67.6 Å². The van der Waals surface area contributed by atoms with Crippen molar-refractivity contribution >= 4 is 5.91 Å². The fourth-order valence-electron chi connectivity index (χ4n) is 4.36. The Morgan fingerprint density at radius 2 is 1.96 bits per heavy atom. The van der Waals surface area contributed by atoms with Crippen LogP contribution in [-0.2, 0) is 17.3 Å². The van der Waals surface area contributed by atoms with Crippen LogP contribution >= 0.6 is 0 Å². The van der Waals surface area contributed by atoms with Crippen molar-refractivity contribution in [3.63, 3.8) is 0 Å². The Bertz CT molecular complexity index is 1050. The van der Waals surface area contributed by atoms with Crippen LogP contribution in [0, 0.1) is 0 Å². The van der Waals surface area contributed by atoms with E-state index in [-0.39, 0.29) is 28.0 Å². The fourth-order valence-corrected chi connectivity index (χ4v) is 4.36. The van der Waals surface area contributed by atoms with Crippen molar-refractivity contribution in [3.05, 3.63) is 55.9 Å². The molecule has 1 spiro atoms. The third-order valence-corrected chi connectivity index (χ3v) is 5.83. The molecule has 1 amide bonds. The van der Waals surface area contributed by atoms with Crippen LogP contribution < -0.4 is 11.1 Å². The highest BCUT2D eigenvalue weighted by atomic mass is 16.2. The number of fused-ring (bicyclic) bond motifs is 2. The van der Waals surface area contributed by atoms with Crippen molar-refractivity contribution in [2.45, 2.75) is 57.3 Å². The molecule has 1 aliphatic carbocycles. The van der Waals surface area contributed by atoms with E-state index in [2.05, 4.69) is 15.0 Å². The summed E-state index contributed by atoms with van der Waals surface area (Å²) in [5.74, 6) is 0.441. The van der Waals surface area contributed by atoms with Crippen LogP contribution in [0.5, 0.6) is 0 Å². The highest BCUT2D eigenvalue weighted by Crippen LogP contribution is 2.43. The van der Waals surface area contributed by atoms with Crippen molar-refractivity contribution < 1.29 is 4.79 Å². The van der Waals surface area contributed by atoms with E-state index in [0.29, 0.717) is 25.3 Å². The number of aromatic amines is 2. The van der Waals surface area contributed by atoms with Crippen LogP contribution in [0.15, 0.2) is 22.0 Å². The molecule has 4 rings (SSSR count). The van der Waals surface area contributed by atoms with Gasteiger partial charge in [0.05, 0.1) is 18.1 Å². The largest absolute Gasteiger partial charge is 0.336 e. The van der Waals surface area contributed by atoms with Gasteiger partial charge in [-0.15, -0.1) is 0 Å². The van der Waals surface area contributed by atoms with Gasteiger partial charge in [-0.2, -0.15) is 0 Å². The minimum Gasteiger partial charge on any atom is -0.336 e. The Kier molecular flexibility index (Phi) is 4.24. The second-order valence-corrected chi connectivity index (χ2v) is 8.91. The van der Waals surface area contributed by atoms with Crippen LogP contribution in [-0.4, -0.2) is 43.8 Å².